The summed E-state index contributed by atoms with van der Waals surface area (Å²) in [5.41, 5.74) is 0.170. The molecule has 3 rings (SSSR count). The third kappa shape index (κ3) is 4.27. The number of hydrogen-bond acceptors (Lipinski definition) is 7. The van der Waals surface area contributed by atoms with Crippen LogP contribution in [0, 0.1) is 6.92 Å². The molecule has 0 radical (unpaired) electrons. The van der Waals surface area contributed by atoms with Crippen LogP contribution in [0.3, 0.4) is 0 Å². The van der Waals surface area contributed by atoms with Crippen LogP contribution in [0.15, 0.2) is 51.9 Å². The minimum absolute atomic E-state index is 0.206. The fraction of sp³-hybridized carbons (Fsp3) is 0.167. The van der Waals surface area contributed by atoms with Gasteiger partial charge in [-0.1, -0.05) is 11.2 Å². The van der Waals surface area contributed by atoms with Crippen molar-refractivity contribution in [2.75, 3.05) is 5.32 Å². The van der Waals surface area contributed by atoms with E-state index in [0.29, 0.717) is 17.1 Å². The van der Waals surface area contributed by atoms with E-state index in [2.05, 4.69) is 20.4 Å². The molecule has 3 heterocycles. The third-order valence-electron chi connectivity index (χ3n) is 3.60. The monoisotopic (exact) mass is 368 g/mol. The van der Waals surface area contributed by atoms with Crippen molar-refractivity contribution < 1.29 is 18.8 Å². The van der Waals surface area contributed by atoms with Crippen molar-refractivity contribution >= 4 is 17.7 Å². The van der Waals surface area contributed by atoms with Gasteiger partial charge in [-0.25, -0.2) is 4.79 Å². The molecule has 0 aromatic carbocycles. The number of carbonyl (C=O) groups excluding carboxylic acids is 2. The first-order chi connectivity index (χ1) is 12.9. The Bertz CT molecular complexity index is 1030. The number of carbonyl (C=O) groups is 2. The molecule has 0 saturated heterocycles. The molecule has 0 bridgehead atoms. The maximum atomic E-state index is 12.2. The predicted molar refractivity (Wildman–Crippen MR) is 95.0 cm³/mol. The standard InChI is InChI=1S/C18H16N4O5/c1-10-9-15(22-27-10)21-16(23)11(2)26-18(25)12-6-7-14(20-17(12)24)13-5-3-4-8-19-13/h3-9,11H,1-2H3,(H,20,24)(H,21,22,23)/t11-/m0/s1. The van der Waals surface area contributed by atoms with Gasteiger partial charge in [0.05, 0.1) is 11.4 Å². The Hall–Kier alpha value is -3.75. The lowest BCUT2D eigenvalue weighted by Gasteiger charge is -2.12. The summed E-state index contributed by atoms with van der Waals surface area (Å²) in [6.45, 7) is 3.06. The Labute approximate surface area is 153 Å². The molecular weight excluding hydrogens is 352 g/mol. The molecule has 0 aliphatic heterocycles. The van der Waals surface area contributed by atoms with Crippen molar-refractivity contribution in [2.24, 2.45) is 0 Å². The van der Waals surface area contributed by atoms with E-state index >= 15 is 0 Å². The van der Waals surface area contributed by atoms with Gasteiger partial charge >= 0.3 is 5.97 Å². The van der Waals surface area contributed by atoms with Gasteiger partial charge < -0.3 is 19.6 Å². The highest BCUT2D eigenvalue weighted by Crippen LogP contribution is 2.13. The van der Waals surface area contributed by atoms with Gasteiger partial charge in [0.1, 0.15) is 11.3 Å². The molecule has 0 aliphatic carbocycles. The van der Waals surface area contributed by atoms with Crippen molar-refractivity contribution in [1.82, 2.24) is 15.1 Å². The summed E-state index contributed by atoms with van der Waals surface area (Å²) in [4.78, 5) is 43.2. The molecule has 9 heteroatoms. The second-order valence-electron chi connectivity index (χ2n) is 5.69. The third-order valence-corrected chi connectivity index (χ3v) is 3.60. The van der Waals surface area contributed by atoms with Crippen LogP contribution < -0.4 is 10.9 Å². The molecule has 0 fully saturated rings. The van der Waals surface area contributed by atoms with Gasteiger partial charge in [0, 0.05) is 12.3 Å². The molecule has 0 saturated carbocycles. The van der Waals surface area contributed by atoms with E-state index in [1.165, 1.54) is 19.1 Å². The Morgan fingerprint density at radius 2 is 2.07 bits per heavy atom. The first kappa shape index (κ1) is 18.1. The summed E-state index contributed by atoms with van der Waals surface area (Å²) in [5.74, 6) is -0.784. The number of anilines is 1. The van der Waals surface area contributed by atoms with Crippen LogP contribution in [0.5, 0.6) is 0 Å². The van der Waals surface area contributed by atoms with Gasteiger partial charge in [-0.3, -0.25) is 14.6 Å². The number of rotatable bonds is 5. The maximum absolute atomic E-state index is 12.2. The van der Waals surface area contributed by atoms with E-state index in [0.717, 1.165) is 0 Å². The number of aryl methyl sites for hydroxylation is 1. The molecule has 0 aliphatic rings. The number of H-pyrrole nitrogens is 1. The molecule has 138 valence electrons. The minimum atomic E-state index is -1.13. The highest BCUT2D eigenvalue weighted by atomic mass is 16.5. The highest BCUT2D eigenvalue weighted by molar-refractivity contribution is 5.96. The Balaban J connectivity index is 1.68. The quantitative estimate of drug-likeness (QED) is 0.659. The van der Waals surface area contributed by atoms with Crippen LogP contribution in [-0.4, -0.2) is 33.1 Å². The molecule has 0 unspecified atom stereocenters. The van der Waals surface area contributed by atoms with Crippen LogP contribution in [-0.2, 0) is 9.53 Å². The average Bonchev–Trinajstić information content (AvgIpc) is 3.06. The van der Waals surface area contributed by atoms with Gasteiger partial charge in [-0.15, -0.1) is 0 Å². The van der Waals surface area contributed by atoms with Crippen molar-refractivity contribution in [3.63, 3.8) is 0 Å². The van der Waals surface area contributed by atoms with Crippen LogP contribution >= 0.6 is 0 Å². The van der Waals surface area contributed by atoms with Crippen molar-refractivity contribution in [3.8, 4) is 11.4 Å². The smallest absolute Gasteiger partial charge is 0.344 e. The highest BCUT2D eigenvalue weighted by Gasteiger charge is 2.22. The topological polar surface area (TPSA) is 127 Å². The molecule has 3 aromatic heterocycles. The van der Waals surface area contributed by atoms with E-state index in [1.807, 2.05) is 0 Å². The summed E-state index contributed by atoms with van der Waals surface area (Å²) in [6.07, 6.45) is 0.455. The zero-order valence-corrected chi connectivity index (χ0v) is 14.6. The maximum Gasteiger partial charge on any atom is 0.344 e. The molecular formula is C18H16N4O5. The summed E-state index contributed by atoms with van der Waals surface area (Å²) in [6, 6.07) is 9.65. The number of pyridine rings is 2. The van der Waals surface area contributed by atoms with Crippen LogP contribution in [0.4, 0.5) is 5.82 Å². The van der Waals surface area contributed by atoms with Gasteiger partial charge in [0.2, 0.25) is 0 Å². The minimum Gasteiger partial charge on any atom is -0.449 e. The van der Waals surface area contributed by atoms with Crippen molar-refractivity contribution in [1.29, 1.82) is 0 Å². The van der Waals surface area contributed by atoms with Gasteiger partial charge in [0.25, 0.3) is 11.5 Å². The van der Waals surface area contributed by atoms with E-state index < -0.39 is 23.5 Å². The molecule has 3 aromatic rings. The Morgan fingerprint density at radius 3 is 2.70 bits per heavy atom. The first-order valence-electron chi connectivity index (χ1n) is 8.04. The SMILES string of the molecule is Cc1cc(NC(=O)[C@H](C)OC(=O)c2ccc(-c3ccccn3)[nH]c2=O)no1. The Morgan fingerprint density at radius 1 is 1.26 bits per heavy atom. The number of ether oxygens (including phenoxy) is 1. The average molecular weight is 368 g/mol. The number of amides is 1. The lowest BCUT2D eigenvalue weighted by Crippen LogP contribution is -2.31. The van der Waals surface area contributed by atoms with E-state index in [1.54, 1.807) is 37.4 Å². The number of aromatic nitrogens is 3. The number of nitrogens with one attached hydrogen (secondary N) is 2. The zero-order valence-electron chi connectivity index (χ0n) is 14.6. The largest absolute Gasteiger partial charge is 0.449 e. The lowest BCUT2D eigenvalue weighted by atomic mass is 10.2. The fourth-order valence-electron chi connectivity index (χ4n) is 2.24. The van der Waals surface area contributed by atoms with Gasteiger partial charge in [-0.2, -0.15) is 0 Å². The molecule has 9 nitrogen and oxygen atoms in total. The number of nitrogens with zero attached hydrogens (tertiary/aromatic N) is 2. The number of hydrogen-bond donors (Lipinski definition) is 2. The molecule has 0 spiro atoms. The number of aromatic amines is 1. The molecule has 2 N–H and O–H groups in total. The van der Waals surface area contributed by atoms with Crippen LogP contribution in [0.1, 0.15) is 23.0 Å². The second kappa shape index (κ2) is 7.65. The second-order valence-corrected chi connectivity index (χ2v) is 5.69. The summed E-state index contributed by atoms with van der Waals surface area (Å²) in [7, 11) is 0. The molecule has 27 heavy (non-hydrogen) atoms. The zero-order chi connectivity index (χ0) is 19.4. The summed E-state index contributed by atoms with van der Waals surface area (Å²) in [5, 5.41) is 6.07. The van der Waals surface area contributed by atoms with Gasteiger partial charge in [0.15, 0.2) is 11.9 Å². The van der Waals surface area contributed by atoms with E-state index in [9.17, 15) is 14.4 Å². The van der Waals surface area contributed by atoms with Crippen molar-refractivity contribution in [2.45, 2.75) is 20.0 Å². The normalized spacial score (nSPS) is 11.6. The van der Waals surface area contributed by atoms with E-state index in [-0.39, 0.29) is 11.4 Å². The fourth-order valence-corrected chi connectivity index (χ4v) is 2.24. The molecule has 1 amide bonds. The van der Waals surface area contributed by atoms with Crippen LogP contribution in [0.25, 0.3) is 11.4 Å². The van der Waals surface area contributed by atoms with Gasteiger partial charge in [-0.05, 0) is 38.1 Å². The predicted octanol–water partition coefficient (Wildman–Crippen LogP) is 1.92. The molecule has 1 atom stereocenters. The van der Waals surface area contributed by atoms with Crippen molar-refractivity contribution in [3.05, 3.63) is 64.3 Å². The summed E-state index contributed by atoms with van der Waals surface area (Å²) >= 11 is 0. The van der Waals surface area contributed by atoms with E-state index in [4.69, 9.17) is 9.26 Å². The van der Waals surface area contributed by atoms with Crippen LogP contribution in [0.2, 0.25) is 0 Å². The Kier molecular flexibility index (Phi) is 5.11. The lowest BCUT2D eigenvalue weighted by molar-refractivity contribution is -0.123. The number of esters is 1. The first-order valence-corrected chi connectivity index (χ1v) is 8.04. The summed E-state index contributed by atoms with van der Waals surface area (Å²) < 4.78 is 9.89.